The second-order valence-electron chi connectivity index (χ2n) is 6.46. The van der Waals surface area contributed by atoms with Crippen molar-refractivity contribution in [3.63, 3.8) is 0 Å². The first-order chi connectivity index (χ1) is 14.1. The van der Waals surface area contributed by atoms with Crippen molar-refractivity contribution >= 4 is 23.0 Å². The molecular weight excluding hydrogens is 370 g/mol. The van der Waals surface area contributed by atoms with E-state index in [4.69, 9.17) is 14.2 Å². The van der Waals surface area contributed by atoms with E-state index in [2.05, 4.69) is 15.5 Å². The number of nitrogens with one attached hydrogen (secondary N) is 1. The molecule has 0 saturated carbocycles. The number of amides is 1. The second-order valence-corrected chi connectivity index (χ2v) is 6.46. The molecule has 1 aromatic heterocycles. The summed E-state index contributed by atoms with van der Waals surface area (Å²) in [7, 11) is 1.57. The fraction of sp³-hybridized carbons (Fsp3) is 0.227. The predicted molar refractivity (Wildman–Crippen MR) is 112 cm³/mol. The Morgan fingerprint density at radius 2 is 1.90 bits per heavy atom. The summed E-state index contributed by atoms with van der Waals surface area (Å²) in [4.78, 5) is 16.4. The number of aromatic nitrogens is 1. The lowest BCUT2D eigenvalue weighted by Crippen LogP contribution is -2.24. The van der Waals surface area contributed by atoms with E-state index < -0.39 is 0 Å². The summed E-state index contributed by atoms with van der Waals surface area (Å²) in [6, 6.07) is 14.8. The molecule has 0 aliphatic heterocycles. The van der Waals surface area contributed by atoms with Crippen LogP contribution in [0.25, 0.3) is 10.9 Å². The van der Waals surface area contributed by atoms with Crippen molar-refractivity contribution in [2.75, 3.05) is 13.7 Å². The zero-order valence-electron chi connectivity index (χ0n) is 16.6. The molecule has 3 rings (SSSR count). The Morgan fingerprint density at radius 3 is 2.69 bits per heavy atom. The van der Waals surface area contributed by atoms with Crippen molar-refractivity contribution in [3.05, 3.63) is 60.3 Å². The van der Waals surface area contributed by atoms with E-state index in [1.807, 2.05) is 50.2 Å². The van der Waals surface area contributed by atoms with E-state index in [0.29, 0.717) is 28.3 Å². The minimum absolute atomic E-state index is 0.0317. The van der Waals surface area contributed by atoms with Gasteiger partial charge >= 0.3 is 0 Å². The Morgan fingerprint density at radius 1 is 1.14 bits per heavy atom. The SMILES string of the molecule is COc1cccc(/C=N/NC(=O)COc2cccc3cccnc23)c1OC(C)C. The highest BCUT2D eigenvalue weighted by molar-refractivity contribution is 5.87. The van der Waals surface area contributed by atoms with Gasteiger partial charge in [-0.3, -0.25) is 9.78 Å². The molecule has 0 bridgehead atoms. The lowest BCUT2D eigenvalue weighted by molar-refractivity contribution is -0.123. The van der Waals surface area contributed by atoms with Crippen LogP contribution in [0, 0.1) is 0 Å². The number of carbonyl (C=O) groups is 1. The van der Waals surface area contributed by atoms with Crippen LogP contribution in [0.3, 0.4) is 0 Å². The molecule has 0 spiro atoms. The van der Waals surface area contributed by atoms with Crippen LogP contribution in [-0.2, 0) is 4.79 Å². The fourth-order valence-electron chi connectivity index (χ4n) is 2.70. The van der Waals surface area contributed by atoms with Gasteiger partial charge in [0.05, 0.1) is 19.4 Å². The molecule has 0 radical (unpaired) electrons. The molecule has 0 aliphatic carbocycles. The molecule has 7 nitrogen and oxygen atoms in total. The first-order valence-corrected chi connectivity index (χ1v) is 9.20. The summed E-state index contributed by atoms with van der Waals surface area (Å²) in [5.41, 5.74) is 3.85. The molecule has 1 N–H and O–H groups in total. The van der Waals surface area contributed by atoms with E-state index in [1.165, 1.54) is 6.21 Å². The van der Waals surface area contributed by atoms with Gasteiger partial charge in [0, 0.05) is 17.1 Å². The Kier molecular flexibility index (Phi) is 6.63. The molecule has 1 amide bonds. The smallest absolute Gasteiger partial charge is 0.277 e. The van der Waals surface area contributed by atoms with Crippen molar-refractivity contribution in [1.29, 1.82) is 0 Å². The first-order valence-electron chi connectivity index (χ1n) is 9.20. The van der Waals surface area contributed by atoms with Gasteiger partial charge in [-0.2, -0.15) is 5.10 Å². The number of hydrogen-bond donors (Lipinski definition) is 1. The maximum atomic E-state index is 12.1. The maximum absolute atomic E-state index is 12.1. The monoisotopic (exact) mass is 393 g/mol. The third kappa shape index (κ3) is 5.22. The molecule has 7 heteroatoms. The van der Waals surface area contributed by atoms with Gasteiger partial charge in [0.15, 0.2) is 18.1 Å². The largest absolute Gasteiger partial charge is 0.493 e. The molecule has 0 unspecified atom stereocenters. The van der Waals surface area contributed by atoms with E-state index in [1.54, 1.807) is 25.4 Å². The number of methoxy groups -OCH3 is 1. The number of para-hydroxylation sites is 2. The summed E-state index contributed by atoms with van der Waals surface area (Å²) in [5.74, 6) is 1.33. The van der Waals surface area contributed by atoms with Crippen LogP contribution in [0.5, 0.6) is 17.2 Å². The minimum atomic E-state index is -0.386. The highest BCUT2D eigenvalue weighted by atomic mass is 16.5. The zero-order valence-corrected chi connectivity index (χ0v) is 16.6. The molecular formula is C22H23N3O4. The average molecular weight is 393 g/mol. The Hall–Kier alpha value is -3.61. The summed E-state index contributed by atoms with van der Waals surface area (Å²) >= 11 is 0. The number of fused-ring (bicyclic) bond motifs is 1. The topological polar surface area (TPSA) is 82.0 Å². The van der Waals surface area contributed by atoms with Gasteiger partial charge in [0.1, 0.15) is 11.3 Å². The number of hydrazone groups is 1. The number of nitrogens with zero attached hydrogens (tertiary/aromatic N) is 2. The van der Waals surface area contributed by atoms with E-state index in [9.17, 15) is 4.79 Å². The highest BCUT2D eigenvalue weighted by Gasteiger charge is 2.11. The number of benzene rings is 2. The Balaban J connectivity index is 1.63. The van der Waals surface area contributed by atoms with Crippen LogP contribution >= 0.6 is 0 Å². The van der Waals surface area contributed by atoms with Crippen molar-refractivity contribution in [3.8, 4) is 17.2 Å². The molecule has 1 heterocycles. The van der Waals surface area contributed by atoms with Crippen LogP contribution in [0.2, 0.25) is 0 Å². The number of carbonyl (C=O) groups excluding carboxylic acids is 1. The van der Waals surface area contributed by atoms with Gasteiger partial charge in [-0.1, -0.05) is 24.3 Å². The number of rotatable bonds is 8. The summed E-state index contributed by atoms with van der Waals surface area (Å²) in [6.07, 6.45) is 3.16. The molecule has 0 saturated heterocycles. The highest BCUT2D eigenvalue weighted by Crippen LogP contribution is 2.30. The number of ether oxygens (including phenoxy) is 3. The first kappa shape index (κ1) is 20.1. The van der Waals surface area contributed by atoms with E-state index >= 15 is 0 Å². The van der Waals surface area contributed by atoms with Gasteiger partial charge < -0.3 is 14.2 Å². The van der Waals surface area contributed by atoms with E-state index in [-0.39, 0.29) is 18.6 Å². The molecule has 150 valence electrons. The second kappa shape index (κ2) is 9.54. The van der Waals surface area contributed by atoms with Crippen LogP contribution in [0.1, 0.15) is 19.4 Å². The van der Waals surface area contributed by atoms with Crippen molar-refractivity contribution in [1.82, 2.24) is 10.4 Å². The molecule has 0 fully saturated rings. The van der Waals surface area contributed by atoms with Crippen molar-refractivity contribution in [2.45, 2.75) is 20.0 Å². The van der Waals surface area contributed by atoms with E-state index in [0.717, 1.165) is 5.39 Å². The van der Waals surface area contributed by atoms with Crippen LogP contribution in [0.4, 0.5) is 0 Å². The van der Waals surface area contributed by atoms with Gasteiger partial charge in [-0.25, -0.2) is 5.43 Å². The van der Waals surface area contributed by atoms with Gasteiger partial charge in [-0.05, 0) is 38.1 Å². The van der Waals surface area contributed by atoms with Gasteiger partial charge in [0.2, 0.25) is 0 Å². The zero-order chi connectivity index (χ0) is 20.6. The summed E-state index contributed by atoms with van der Waals surface area (Å²) in [5, 5.41) is 4.95. The Labute approximate surface area is 169 Å². The molecule has 0 atom stereocenters. The van der Waals surface area contributed by atoms with Crippen molar-refractivity contribution in [2.24, 2.45) is 5.10 Å². The molecule has 0 aliphatic rings. The average Bonchev–Trinajstić information content (AvgIpc) is 2.73. The fourth-order valence-corrected chi connectivity index (χ4v) is 2.70. The molecule has 3 aromatic rings. The van der Waals surface area contributed by atoms with Crippen LogP contribution in [-0.4, -0.2) is 36.9 Å². The lowest BCUT2D eigenvalue weighted by Gasteiger charge is -2.15. The normalized spacial score (nSPS) is 11.0. The molecule has 29 heavy (non-hydrogen) atoms. The molecule has 2 aromatic carbocycles. The minimum Gasteiger partial charge on any atom is -0.493 e. The quantitative estimate of drug-likeness (QED) is 0.467. The van der Waals surface area contributed by atoms with Gasteiger partial charge in [-0.15, -0.1) is 0 Å². The predicted octanol–water partition coefficient (Wildman–Crippen LogP) is 3.56. The van der Waals surface area contributed by atoms with Crippen LogP contribution < -0.4 is 19.6 Å². The maximum Gasteiger partial charge on any atom is 0.277 e. The number of hydrogen-bond acceptors (Lipinski definition) is 6. The number of pyridine rings is 1. The Bertz CT molecular complexity index is 1010. The standard InChI is InChI=1S/C22H23N3O4/c1-15(2)29-22-17(8-5-11-19(22)27-3)13-24-25-20(26)14-28-18-10-4-7-16-9-6-12-23-21(16)18/h4-13,15H,14H2,1-3H3,(H,25,26)/b24-13+. The summed E-state index contributed by atoms with van der Waals surface area (Å²) < 4.78 is 16.8. The van der Waals surface area contributed by atoms with Crippen LogP contribution in [0.15, 0.2) is 59.8 Å². The third-order valence-corrected chi connectivity index (χ3v) is 3.93. The summed E-state index contributed by atoms with van der Waals surface area (Å²) in [6.45, 7) is 3.67. The lowest BCUT2D eigenvalue weighted by atomic mass is 10.2. The van der Waals surface area contributed by atoms with Crippen molar-refractivity contribution < 1.29 is 19.0 Å². The van der Waals surface area contributed by atoms with Gasteiger partial charge in [0.25, 0.3) is 5.91 Å². The third-order valence-electron chi connectivity index (χ3n) is 3.93.